The highest BCUT2D eigenvalue weighted by Crippen LogP contribution is 2.76. The second kappa shape index (κ2) is 20.5. The molecular formula is C53H86O21. The van der Waals surface area contributed by atoms with Gasteiger partial charge in [-0.15, -0.1) is 0 Å². The molecule has 424 valence electrons. The number of carbonyl (C=O) groups excluding carboxylic acids is 1. The Labute approximate surface area is 433 Å². The van der Waals surface area contributed by atoms with E-state index in [1.165, 1.54) is 12.5 Å². The van der Waals surface area contributed by atoms with Crippen LogP contribution in [0.25, 0.3) is 0 Å². The minimum absolute atomic E-state index is 0.0778. The SMILES string of the molecule is C[C@@H]1O[C@@H](O[C@H]2[C@H](O)[C@@H](O)[C@H](O[C@H]3[C@H](O)[C@@H](O)[C@H](OC(=O)[C@]45CCC(C)(C)C[C@H]4C4=CC[C@@H]6[C@@]7(C)CC[C@H](O[C@@H]8OC[C@@H](O)[C@H](O)[C@H]8O)C(C)(C)[C@@H]7CC[C@@]6(C)[C@]4(C)CC5)O[C@@H]3CO)O[C@@H]2CO)[C@H](O)[C@H](O)[C@H]1O. The minimum atomic E-state index is -1.95. The summed E-state index contributed by atoms with van der Waals surface area (Å²) in [5, 5.41) is 129. The van der Waals surface area contributed by atoms with Gasteiger partial charge in [-0.05, 0) is 116 Å². The van der Waals surface area contributed by atoms with Crippen LogP contribution < -0.4 is 0 Å². The summed E-state index contributed by atoms with van der Waals surface area (Å²) in [6.07, 6.45) is -20.0. The van der Waals surface area contributed by atoms with Gasteiger partial charge in [-0.25, -0.2) is 0 Å². The molecule has 74 heavy (non-hydrogen) atoms. The number of aliphatic hydroxyl groups is 12. The summed E-state index contributed by atoms with van der Waals surface area (Å²) in [5.74, 6) is -0.203. The Hall–Kier alpha value is -1.55. The van der Waals surface area contributed by atoms with Crippen LogP contribution in [0.4, 0.5) is 0 Å². The first-order chi connectivity index (χ1) is 34.6. The zero-order chi connectivity index (χ0) is 54.0. The lowest BCUT2D eigenvalue weighted by Crippen LogP contribution is -2.67. The lowest BCUT2D eigenvalue weighted by molar-refractivity contribution is -0.377. The number of esters is 1. The number of ether oxygens (including phenoxy) is 8. The van der Waals surface area contributed by atoms with E-state index in [2.05, 4.69) is 54.5 Å². The third-order valence-electron chi connectivity index (χ3n) is 21.0. The van der Waals surface area contributed by atoms with Crippen molar-refractivity contribution in [3.8, 4) is 0 Å². The van der Waals surface area contributed by atoms with Crippen molar-refractivity contribution in [1.29, 1.82) is 0 Å². The quantitative estimate of drug-likeness (QED) is 0.0755. The highest BCUT2D eigenvalue weighted by Gasteiger charge is 2.70. The molecule has 9 rings (SSSR count). The summed E-state index contributed by atoms with van der Waals surface area (Å²) in [7, 11) is 0. The van der Waals surface area contributed by atoms with Gasteiger partial charge in [-0.2, -0.15) is 0 Å². The summed E-state index contributed by atoms with van der Waals surface area (Å²) >= 11 is 0. The second-order valence-electron chi connectivity index (χ2n) is 25.8. The molecule has 0 aromatic heterocycles. The Bertz CT molecular complexity index is 2040. The fraction of sp³-hybridized carbons (Fsp3) is 0.943. The van der Waals surface area contributed by atoms with Crippen molar-refractivity contribution in [2.75, 3.05) is 19.8 Å². The Morgan fingerprint density at radius 2 is 1.18 bits per heavy atom. The van der Waals surface area contributed by atoms with Crippen LogP contribution in [0.15, 0.2) is 11.6 Å². The second-order valence-corrected chi connectivity index (χ2v) is 25.8. The molecular weight excluding hydrogens is 973 g/mol. The molecule has 12 N–H and O–H groups in total. The van der Waals surface area contributed by atoms with Crippen molar-refractivity contribution in [2.45, 2.75) is 242 Å². The summed E-state index contributed by atoms with van der Waals surface area (Å²) in [5.41, 5.74) is -0.647. The maximum Gasteiger partial charge on any atom is 0.315 e. The van der Waals surface area contributed by atoms with Crippen LogP contribution in [0.3, 0.4) is 0 Å². The van der Waals surface area contributed by atoms with Gasteiger partial charge in [-0.3, -0.25) is 4.79 Å². The number of fused-ring (bicyclic) bond motifs is 7. The molecule has 0 unspecified atom stereocenters. The predicted octanol–water partition coefficient (Wildman–Crippen LogP) is -0.369. The van der Waals surface area contributed by atoms with Gasteiger partial charge < -0.3 is 99.2 Å². The normalized spacial score (nSPS) is 54.1. The zero-order valence-corrected chi connectivity index (χ0v) is 44.1. The molecule has 0 spiro atoms. The Balaban J connectivity index is 0.896. The molecule has 4 saturated heterocycles. The number of hydrogen-bond donors (Lipinski definition) is 12. The monoisotopic (exact) mass is 1060 g/mol. The van der Waals surface area contributed by atoms with E-state index in [9.17, 15) is 61.3 Å². The molecule has 0 aromatic carbocycles. The summed E-state index contributed by atoms with van der Waals surface area (Å²) in [6, 6.07) is 0. The predicted molar refractivity (Wildman–Crippen MR) is 255 cm³/mol. The molecule has 0 amide bonds. The van der Waals surface area contributed by atoms with Crippen molar-refractivity contribution >= 4 is 5.97 Å². The van der Waals surface area contributed by atoms with Crippen LogP contribution in [0.5, 0.6) is 0 Å². The molecule has 5 aliphatic carbocycles. The van der Waals surface area contributed by atoms with Gasteiger partial charge >= 0.3 is 5.97 Å². The average molecular weight is 1060 g/mol. The van der Waals surface area contributed by atoms with E-state index in [0.717, 1.165) is 44.9 Å². The smallest absolute Gasteiger partial charge is 0.315 e. The van der Waals surface area contributed by atoms with Crippen LogP contribution in [-0.4, -0.2) is 210 Å². The first kappa shape index (κ1) is 57.1. The third-order valence-corrected chi connectivity index (χ3v) is 21.0. The molecule has 4 heterocycles. The van der Waals surface area contributed by atoms with Gasteiger partial charge in [0.2, 0.25) is 6.29 Å². The van der Waals surface area contributed by atoms with Crippen LogP contribution in [0.1, 0.15) is 120 Å². The zero-order valence-electron chi connectivity index (χ0n) is 44.1. The van der Waals surface area contributed by atoms with Crippen LogP contribution in [-0.2, 0) is 42.7 Å². The van der Waals surface area contributed by atoms with E-state index in [4.69, 9.17) is 37.9 Å². The van der Waals surface area contributed by atoms with E-state index >= 15 is 4.79 Å². The first-order valence-corrected chi connectivity index (χ1v) is 27.1. The Kier molecular flexibility index (Phi) is 15.8. The van der Waals surface area contributed by atoms with Gasteiger partial charge in [0, 0.05) is 0 Å². The number of hydrogen-bond acceptors (Lipinski definition) is 21. The maximum atomic E-state index is 15.1. The van der Waals surface area contributed by atoms with Gasteiger partial charge in [0.15, 0.2) is 18.9 Å². The van der Waals surface area contributed by atoms with Gasteiger partial charge in [-0.1, -0.05) is 60.1 Å². The number of rotatable bonds is 10. The van der Waals surface area contributed by atoms with Crippen molar-refractivity contribution in [2.24, 2.45) is 50.2 Å². The first-order valence-electron chi connectivity index (χ1n) is 27.1. The van der Waals surface area contributed by atoms with E-state index in [1.54, 1.807) is 0 Å². The molecule has 9 aliphatic rings. The molecule has 27 atom stereocenters. The van der Waals surface area contributed by atoms with Crippen LogP contribution >= 0.6 is 0 Å². The third kappa shape index (κ3) is 9.17. The standard InChI is InChI=1S/C53H86O21/c1-23-32(57)34(59)38(63)44(68-23)72-41-27(20-54)69-45(39(64)35(41)60)73-42-28(21-55)70-46(40(65)36(42)61)74-47(66)53-17-15-48(2,3)19-25(53)24-9-10-30-50(6)13-12-31(71-43-37(62)33(58)26(56)22-67-43)49(4,5)29(50)11-14-52(30,8)51(24,7)16-18-53/h9,23,25-46,54-65H,10-22H2,1-8H3/t23-,25-,26+,27+,28+,29-,30+,31-,32-,33-,34+,35+,36+,37+,38+,39+,40+,41+,42+,43-,44-,45-,46-,50-,51+,52+,53-/m0/s1. The van der Waals surface area contributed by atoms with Gasteiger partial charge in [0.1, 0.15) is 85.5 Å². The highest BCUT2D eigenvalue weighted by molar-refractivity contribution is 5.79. The van der Waals surface area contributed by atoms with Gasteiger partial charge in [0.05, 0.1) is 37.4 Å². The highest BCUT2D eigenvalue weighted by atomic mass is 16.8. The molecule has 0 bridgehead atoms. The molecule has 0 aromatic rings. The summed E-state index contributed by atoms with van der Waals surface area (Å²) in [6.45, 7) is 15.9. The number of carbonyl (C=O) groups is 1. The molecule has 4 aliphatic heterocycles. The molecule has 4 saturated carbocycles. The van der Waals surface area contributed by atoms with E-state index in [-0.39, 0.29) is 51.6 Å². The fourth-order valence-electron chi connectivity index (χ4n) is 16.2. The number of aliphatic hydroxyl groups excluding tert-OH is 12. The van der Waals surface area contributed by atoms with Crippen LogP contribution in [0, 0.1) is 50.2 Å². The topological polar surface area (TPSA) is 334 Å². The Morgan fingerprint density at radius 3 is 1.81 bits per heavy atom. The lowest BCUT2D eigenvalue weighted by atomic mass is 9.33. The largest absolute Gasteiger partial charge is 0.432 e. The molecule has 8 fully saturated rings. The summed E-state index contributed by atoms with van der Waals surface area (Å²) < 4.78 is 47.3. The van der Waals surface area contributed by atoms with Crippen LogP contribution in [0.2, 0.25) is 0 Å². The molecule has 21 heteroatoms. The lowest BCUT2D eigenvalue weighted by Gasteiger charge is -2.71. The summed E-state index contributed by atoms with van der Waals surface area (Å²) in [4.78, 5) is 15.1. The minimum Gasteiger partial charge on any atom is -0.432 e. The van der Waals surface area contributed by atoms with Crippen molar-refractivity contribution in [3.05, 3.63) is 11.6 Å². The van der Waals surface area contributed by atoms with Crippen molar-refractivity contribution < 1.29 is 104 Å². The van der Waals surface area contributed by atoms with Crippen molar-refractivity contribution in [1.82, 2.24) is 0 Å². The molecule has 21 nitrogen and oxygen atoms in total. The van der Waals surface area contributed by atoms with E-state index in [0.29, 0.717) is 25.2 Å². The average Bonchev–Trinajstić information content (AvgIpc) is 3.35. The Morgan fingerprint density at radius 1 is 0.608 bits per heavy atom. The molecule has 0 radical (unpaired) electrons. The number of allylic oxidation sites excluding steroid dienone is 2. The van der Waals surface area contributed by atoms with E-state index < -0.39 is 141 Å². The maximum absolute atomic E-state index is 15.1. The van der Waals surface area contributed by atoms with Crippen molar-refractivity contribution in [3.63, 3.8) is 0 Å². The van der Waals surface area contributed by atoms with Gasteiger partial charge in [0.25, 0.3) is 0 Å². The fourth-order valence-corrected chi connectivity index (χ4v) is 16.2. The van der Waals surface area contributed by atoms with E-state index in [1.807, 2.05) is 0 Å².